The maximum absolute atomic E-state index is 12.3. The highest BCUT2D eigenvalue weighted by Crippen LogP contribution is 2.26. The monoisotopic (exact) mass is 285 g/mol. The van der Waals surface area contributed by atoms with E-state index in [-0.39, 0.29) is 11.9 Å². The Morgan fingerprint density at radius 3 is 2.38 bits per heavy atom. The lowest BCUT2D eigenvalue weighted by Crippen LogP contribution is -2.40. The van der Waals surface area contributed by atoms with E-state index in [1.165, 1.54) is 6.42 Å². The summed E-state index contributed by atoms with van der Waals surface area (Å²) in [6.07, 6.45) is 5.65. The first-order valence-electron chi connectivity index (χ1n) is 7.59. The van der Waals surface area contributed by atoms with Crippen LogP contribution in [0.2, 0.25) is 0 Å². The first kappa shape index (κ1) is 15.4. The molecule has 1 saturated carbocycles. The van der Waals surface area contributed by atoms with Gasteiger partial charge in [-0.2, -0.15) is 5.26 Å². The minimum Gasteiger partial charge on any atom is -0.378 e. The molecule has 21 heavy (non-hydrogen) atoms. The van der Waals surface area contributed by atoms with E-state index >= 15 is 0 Å². The Kier molecular flexibility index (Phi) is 5.21. The number of nitriles is 1. The predicted molar refractivity (Wildman–Crippen MR) is 84.2 cm³/mol. The molecule has 1 aliphatic carbocycles. The van der Waals surface area contributed by atoms with Crippen molar-refractivity contribution in [3.05, 3.63) is 29.8 Å². The Bertz CT molecular complexity index is 510. The summed E-state index contributed by atoms with van der Waals surface area (Å²) in [7, 11) is 3.92. The van der Waals surface area contributed by atoms with Gasteiger partial charge in [-0.05, 0) is 43.0 Å². The van der Waals surface area contributed by atoms with E-state index in [0.717, 1.165) is 31.4 Å². The maximum Gasteiger partial charge on any atom is 0.252 e. The van der Waals surface area contributed by atoms with Gasteiger partial charge >= 0.3 is 0 Å². The summed E-state index contributed by atoms with van der Waals surface area (Å²) in [6.45, 7) is 0. The van der Waals surface area contributed by atoms with Gasteiger partial charge in [-0.1, -0.05) is 19.3 Å². The average molecular weight is 285 g/mol. The smallest absolute Gasteiger partial charge is 0.252 e. The molecule has 4 nitrogen and oxygen atoms in total. The topological polar surface area (TPSA) is 56.1 Å². The van der Waals surface area contributed by atoms with E-state index in [1.54, 1.807) is 12.1 Å². The highest BCUT2D eigenvalue weighted by Gasteiger charge is 2.25. The van der Waals surface area contributed by atoms with Gasteiger partial charge < -0.3 is 10.2 Å². The van der Waals surface area contributed by atoms with Crippen molar-refractivity contribution in [2.75, 3.05) is 19.0 Å². The van der Waals surface area contributed by atoms with E-state index in [4.69, 9.17) is 0 Å². The summed E-state index contributed by atoms with van der Waals surface area (Å²) in [5.41, 5.74) is 1.66. The zero-order valence-electron chi connectivity index (χ0n) is 12.8. The molecule has 0 aliphatic heterocycles. The van der Waals surface area contributed by atoms with Crippen LogP contribution in [0.5, 0.6) is 0 Å². The summed E-state index contributed by atoms with van der Waals surface area (Å²) in [4.78, 5) is 14.2. The van der Waals surface area contributed by atoms with Crippen LogP contribution in [0.4, 0.5) is 5.69 Å². The van der Waals surface area contributed by atoms with Crippen LogP contribution in [-0.2, 0) is 0 Å². The van der Waals surface area contributed by atoms with Crippen molar-refractivity contribution in [3.63, 3.8) is 0 Å². The van der Waals surface area contributed by atoms with E-state index < -0.39 is 0 Å². The highest BCUT2D eigenvalue weighted by atomic mass is 16.1. The van der Waals surface area contributed by atoms with Crippen LogP contribution in [0.3, 0.4) is 0 Å². The first-order chi connectivity index (χ1) is 10.1. The standard InChI is InChI=1S/C17H23N3O/c1-20(2)15-10-8-14(9-11-15)17(21)19-16(12-18)13-6-4-3-5-7-13/h8-11,13,16H,3-7H2,1-2H3,(H,19,21). The third-order valence-electron chi connectivity index (χ3n) is 4.19. The Morgan fingerprint density at radius 2 is 1.86 bits per heavy atom. The van der Waals surface area contributed by atoms with Gasteiger partial charge in [-0.3, -0.25) is 4.79 Å². The number of benzene rings is 1. The minimum absolute atomic E-state index is 0.155. The maximum atomic E-state index is 12.3. The van der Waals surface area contributed by atoms with Crippen LogP contribution in [0.25, 0.3) is 0 Å². The number of nitrogens with zero attached hydrogens (tertiary/aromatic N) is 2. The van der Waals surface area contributed by atoms with Crippen molar-refractivity contribution in [1.82, 2.24) is 5.32 Å². The molecule has 4 heteroatoms. The highest BCUT2D eigenvalue weighted by molar-refractivity contribution is 5.94. The third kappa shape index (κ3) is 3.98. The predicted octanol–water partition coefficient (Wildman–Crippen LogP) is 2.95. The fraction of sp³-hybridized carbons (Fsp3) is 0.529. The van der Waals surface area contributed by atoms with E-state index in [9.17, 15) is 10.1 Å². The Morgan fingerprint density at radius 1 is 1.24 bits per heavy atom. The van der Waals surface area contributed by atoms with Gasteiger partial charge in [0.15, 0.2) is 0 Å². The van der Waals surface area contributed by atoms with E-state index in [2.05, 4.69) is 11.4 Å². The fourth-order valence-electron chi connectivity index (χ4n) is 2.86. The average Bonchev–Trinajstić information content (AvgIpc) is 2.53. The second kappa shape index (κ2) is 7.12. The molecule has 0 aromatic heterocycles. The molecule has 1 aromatic carbocycles. The lowest BCUT2D eigenvalue weighted by molar-refractivity contribution is 0.0929. The van der Waals surface area contributed by atoms with Crippen LogP contribution in [0, 0.1) is 17.2 Å². The molecule has 0 spiro atoms. The van der Waals surface area contributed by atoms with Crippen LogP contribution >= 0.6 is 0 Å². The Balaban J connectivity index is 2.00. The third-order valence-corrected chi connectivity index (χ3v) is 4.19. The fourth-order valence-corrected chi connectivity index (χ4v) is 2.86. The summed E-state index contributed by atoms with van der Waals surface area (Å²) in [5.74, 6) is 0.145. The second-order valence-electron chi connectivity index (χ2n) is 5.92. The van der Waals surface area contributed by atoms with Crippen LogP contribution < -0.4 is 10.2 Å². The SMILES string of the molecule is CN(C)c1ccc(C(=O)NC(C#N)C2CCCCC2)cc1. The van der Waals surface area contributed by atoms with Crippen molar-refractivity contribution in [2.24, 2.45) is 5.92 Å². The molecule has 112 valence electrons. The lowest BCUT2D eigenvalue weighted by Gasteiger charge is -2.26. The van der Waals surface area contributed by atoms with Crippen molar-refractivity contribution < 1.29 is 4.79 Å². The summed E-state index contributed by atoms with van der Waals surface area (Å²) in [6, 6.07) is 9.33. The molecule has 1 atom stereocenters. The minimum atomic E-state index is -0.369. The van der Waals surface area contributed by atoms with Crippen molar-refractivity contribution in [3.8, 4) is 6.07 Å². The number of hydrogen-bond donors (Lipinski definition) is 1. The summed E-state index contributed by atoms with van der Waals surface area (Å²) < 4.78 is 0. The van der Waals surface area contributed by atoms with Gasteiger partial charge in [0, 0.05) is 25.3 Å². The van der Waals surface area contributed by atoms with Gasteiger partial charge in [0.1, 0.15) is 6.04 Å². The molecule has 0 bridgehead atoms. The summed E-state index contributed by atoms with van der Waals surface area (Å²) in [5, 5.41) is 12.2. The number of hydrogen-bond acceptors (Lipinski definition) is 3. The summed E-state index contributed by atoms with van der Waals surface area (Å²) >= 11 is 0. The normalized spacial score (nSPS) is 16.8. The number of nitrogens with one attached hydrogen (secondary N) is 1. The van der Waals surface area contributed by atoms with E-state index in [1.807, 2.05) is 31.1 Å². The van der Waals surface area contributed by atoms with Crippen LogP contribution in [-0.4, -0.2) is 26.0 Å². The zero-order valence-corrected chi connectivity index (χ0v) is 12.8. The van der Waals surface area contributed by atoms with E-state index in [0.29, 0.717) is 11.5 Å². The largest absolute Gasteiger partial charge is 0.378 e. The number of carbonyl (C=O) groups excluding carboxylic acids is 1. The van der Waals surface area contributed by atoms with Crippen molar-refractivity contribution in [2.45, 2.75) is 38.1 Å². The number of amides is 1. The van der Waals surface area contributed by atoms with Gasteiger partial charge in [-0.25, -0.2) is 0 Å². The van der Waals surface area contributed by atoms with Gasteiger partial charge in [0.25, 0.3) is 5.91 Å². The van der Waals surface area contributed by atoms with Gasteiger partial charge in [0.05, 0.1) is 6.07 Å². The molecule has 1 amide bonds. The molecule has 0 radical (unpaired) electrons. The number of carbonyl (C=O) groups is 1. The second-order valence-corrected chi connectivity index (χ2v) is 5.92. The molecule has 1 fully saturated rings. The van der Waals surface area contributed by atoms with Gasteiger partial charge in [0.2, 0.25) is 0 Å². The van der Waals surface area contributed by atoms with Crippen molar-refractivity contribution in [1.29, 1.82) is 5.26 Å². The quantitative estimate of drug-likeness (QED) is 0.925. The number of anilines is 1. The Labute approximate surface area is 126 Å². The molecular formula is C17H23N3O. The zero-order chi connectivity index (χ0) is 15.2. The molecule has 1 N–H and O–H groups in total. The molecule has 0 heterocycles. The Hall–Kier alpha value is -2.02. The molecule has 1 unspecified atom stereocenters. The van der Waals surface area contributed by atoms with Crippen LogP contribution in [0.1, 0.15) is 42.5 Å². The molecule has 1 aliphatic rings. The molecule has 0 saturated heterocycles. The van der Waals surface area contributed by atoms with Crippen molar-refractivity contribution >= 4 is 11.6 Å². The number of rotatable bonds is 4. The van der Waals surface area contributed by atoms with Gasteiger partial charge in [-0.15, -0.1) is 0 Å². The lowest BCUT2D eigenvalue weighted by atomic mass is 9.84. The van der Waals surface area contributed by atoms with Crippen LogP contribution in [0.15, 0.2) is 24.3 Å². The first-order valence-corrected chi connectivity index (χ1v) is 7.59. The molecule has 1 aromatic rings. The molecular weight excluding hydrogens is 262 g/mol. The molecule has 2 rings (SSSR count).